The Labute approximate surface area is 54.2 Å². The summed E-state index contributed by atoms with van der Waals surface area (Å²) in [6, 6.07) is 0. The quantitative estimate of drug-likeness (QED) is 0.365. The van der Waals surface area contributed by atoms with Crippen molar-refractivity contribution >= 4 is 24.8 Å². The molecule has 0 fully saturated rings. The molecule has 0 aromatic rings. The van der Waals surface area contributed by atoms with Crippen molar-refractivity contribution in [1.29, 1.82) is 0 Å². The minimum absolute atomic E-state index is 0.321. The number of hydrogen-bond donors (Lipinski definition) is 0. The van der Waals surface area contributed by atoms with Crippen molar-refractivity contribution in [3.63, 3.8) is 0 Å². The number of carbonyl (C=O) groups excluding carboxylic acids is 1. The molecule has 0 rings (SSSR count). The summed E-state index contributed by atoms with van der Waals surface area (Å²) in [4.78, 5) is 9.88. The highest BCUT2D eigenvalue weighted by atomic mass is 24.5. The van der Waals surface area contributed by atoms with Crippen LogP contribution in [-0.4, -0.2) is 24.8 Å². The average Bonchev–Trinajstić information content (AvgIpc) is 1.30. The lowest BCUT2D eigenvalue weighted by molar-refractivity contribution is 0.566. The molecule has 0 aliphatic rings. The smallest absolute Gasteiger partial charge is 0.340 e. The molecule has 0 saturated carbocycles. The molecule has 0 N–H and O–H groups in total. The third-order valence-corrected chi connectivity index (χ3v) is 2.09. The lowest BCUT2D eigenvalue weighted by Gasteiger charge is -2.10. The first-order valence-corrected chi connectivity index (χ1v) is 4.02. The van der Waals surface area contributed by atoms with Gasteiger partial charge >= 0.3 is 20.4 Å². The zero-order valence-corrected chi connectivity index (χ0v) is 6.61. The fourth-order valence-electron chi connectivity index (χ4n) is 0.250. The molecule has 7 heavy (non-hydrogen) atoms. The van der Waals surface area contributed by atoms with Crippen LogP contribution in [0, 0.1) is 0 Å². The van der Waals surface area contributed by atoms with Crippen LogP contribution in [0.5, 0.6) is 0 Å². The van der Waals surface area contributed by atoms with Crippen LogP contribution in [0.4, 0.5) is 0 Å². The zero-order chi connectivity index (χ0) is 5.91. The lowest BCUT2D eigenvalue weighted by Crippen LogP contribution is -2.08. The fourth-order valence-corrected chi connectivity index (χ4v) is 0.750. The van der Waals surface area contributed by atoms with Crippen molar-refractivity contribution in [1.82, 2.24) is 0 Å². The van der Waals surface area contributed by atoms with Gasteiger partial charge in [-0.05, 0) is 4.42 Å². The van der Waals surface area contributed by atoms with E-state index in [4.69, 9.17) is 0 Å². The molecule has 1 nitrogen and oxygen atoms in total. The summed E-state index contributed by atoms with van der Waals surface area (Å²) in [5.41, 5.74) is 0. The van der Waals surface area contributed by atoms with E-state index in [1.54, 1.807) is 0 Å². The normalized spacial score (nSPS) is 10.1. The Morgan fingerprint density at radius 2 is 1.86 bits per heavy atom. The average molecular weight is 110 g/mol. The molecule has 0 bridgehead atoms. The second-order valence-electron chi connectivity index (χ2n) is 2.93. The van der Waals surface area contributed by atoms with Crippen LogP contribution in [0.3, 0.4) is 0 Å². The molecule has 0 saturated heterocycles. The maximum atomic E-state index is 9.88. The van der Waals surface area contributed by atoms with Gasteiger partial charge in [-0.1, -0.05) is 20.8 Å². The third kappa shape index (κ3) is 6.44. The summed E-state index contributed by atoms with van der Waals surface area (Å²) >= 11 is -0.421. The molecule has 0 unspecified atom stereocenters. The number of hydrogen-bond acceptors (Lipinski definition) is 1. The summed E-state index contributed by atoms with van der Waals surface area (Å²) in [5.74, 6) is 0. The third-order valence-electron chi connectivity index (χ3n) is 0.696. The van der Waals surface area contributed by atoms with Gasteiger partial charge in [0.25, 0.3) is 0 Å². The summed E-state index contributed by atoms with van der Waals surface area (Å²) in [6.07, 6.45) is 0. The summed E-state index contributed by atoms with van der Waals surface area (Å²) in [7, 11) is 0. The monoisotopic (exact) mass is 110 g/mol. The molecule has 38 valence electrons. The number of rotatable bonds is 1. The standard InChI is InChI=1S/C4H9.CHO.Mg/c1-4(2)3;1-2;/h1-3H3;1H;. The summed E-state index contributed by atoms with van der Waals surface area (Å²) in [5, 5.41) is 0. The molecule has 0 atom stereocenters. The molecule has 0 amide bonds. The molecule has 0 radical (unpaired) electrons. The minimum atomic E-state index is -0.421. The van der Waals surface area contributed by atoms with Crippen LogP contribution in [0.25, 0.3) is 0 Å². The van der Waals surface area contributed by atoms with Crippen molar-refractivity contribution in [3.05, 3.63) is 0 Å². The van der Waals surface area contributed by atoms with Gasteiger partial charge in [-0.15, -0.1) is 3.54 Å². The van der Waals surface area contributed by atoms with E-state index in [-0.39, 0.29) is 0 Å². The molecule has 2 heteroatoms. The predicted molar refractivity (Wildman–Crippen MR) is 32.2 cm³/mol. The fraction of sp³-hybridized carbons (Fsp3) is 0.800. The molecule has 0 aromatic carbocycles. The maximum absolute atomic E-state index is 9.88. The van der Waals surface area contributed by atoms with Gasteiger partial charge in [0.05, 0.1) is 0 Å². The van der Waals surface area contributed by atoms with Crippen LogP contribution in [0.15, 0.2) is 0 Å². The van der Waals surface area contributed by atoms with E-state index in [9.17, 15) is 4.79 Å². The Hall–Kier alpha value is 0.436. The Morgan fingerprint density at radius 3 is 1.86 bits per heavy atom. The van der Waals surface area contributed by atoms with Gasteiger partial charge in [0.2, 0.25) is 0 Å². The van der Waals surface area contributed by atoms with Crippen LogP contribution in [0.1, 0.15) is 20.8 Å². The predicted octanol–water partition coefficient (Wildman–Crippen LogP) is 1.10. The van der Waals surface area contributed by atoms with Crippen molar-refractivity contribution in [3.8, 4) is 0 Å². The summed E-state index contributed by atoms with van der Waals surface area (Å²) < 4.78 is 1.42. The van der Waals surface area contributed by atoms with Crippen molar-refractivity contribution in [2.24, 2.45) is 0 Å². The van der Waals surface area contributed by atoms with Gasteiger partial charge in [0, 0.05) is 0 Å². The van der Waals surface area contributed by atoms with E-state index in [2.05, 4.69) is 20.8 Å². The van der Waals surface area contributed by atoms with Crippen molar-refractivity contribution < 1.29 is 4.79 Å². The lowest BCUT2D eigenvalue weighted by atomic mass is 10.2. The van der Waals surface area contributed by atoms with Crippen LogP contribution >= 0.6 is 0 Å². The van der Waals surface area contributed by atoms with Crippen LogP contribution < -0.4 is 0 Å². The minimum Gasteiger partial charge on any atom is -0.340 e. The number of carbonyl (C=O) groups is 1. The van der Waals surface area contributed by atoms with Gasteiger partial charge in [-0.3, -0.25) is 0 Å². The Bertz CT molecular complexity index is 63.0. The Kier molecular flexibility index (Phi) is 2.84. The van der Waals surface area contributed by atoms with Crippen molar-refractivity contribution in [2.45, 2.75) is 24.3 Å². The van der Waals surface area contributed by atoms with Gasteiger partial charge < -0.3 is 4.79 Å². The second-order valence-corrected chi connectivity index (χ2v) is 5.79. The first-order valence-electron chi connectivity index (χ1n) is 2.50. The summed E-state index contributed by atoms with van der Waals surface area (Å²) in [6.45, 7) is 6.31. The van der Waals surface area contributed by atoms with E-state index in [0.29, 0.717) is 3.54 Å². The van der Waals surface area contributed by atoms with E-state index >= 15 is 0 Å². The molecule has 0 aromatic heterocycles. The van der Waals surface area contributed by atoms with Crippen LogP contribution in [0.2, 0.25) is 3.54 Å². The highest BCUT2D eigenvalue weighted by Gasteiger charge is 2.12. The molecular weight excluding hydrogens is 100 g/mol. The molecule has 0 aliphatic heterocycles. The van der Waals surface area contributed by atoms with Gasteiger partial charge in [-0.2, -0.15) is 0 Å². The largest absolute Gasteiger partial charge is 0.468 e. The van der Waals surface area contributed by atoms with E-state index in [1.807, 2.05) is 0 Å². The maximum Gasteiger partial charge on any atom is 0.468 e. The highest BCUT2D eigenvalue weighted by Crippen LogP contribution is 2.17. The van der Waals surface area contributed by atoms with Gasteiger partial charge in [-0.25, -0.2) is 0 Å². The SMILES string of the molecule is C[C](C)(C)[Mg][CH]=O. The highest BCUT2D eigenvalue weighted by molar-refractivity contribution is 6.69. The van der Waals surface area contributed by atoms with Gasteiger partial charge in [0.15, 0.2) is 0 Å². The molecule has 0 spiro atoms. The first kappa shape index (κ1) is 7.44. The van der Waals surface area contributed by atoms with E-state index in [1.165, 1.54) is 0 Å². The first-order chi connectivity index (χ1) is 3.06. The van der Waals surface area contributed by atoms with E-state index in [0.717, 1.165) is 4.42 Å². The molecule has 0 heterocycles. The topological polar surface area (TPSA) is 17.1 Å². The van der Waals surface area contributed by atoms with Crippen LogP contribution in [-0.2, 0) is 4.79 Å². The Morgan fingerprint density at radius 1 is 1.43 bits per heavy atom. The second kappa shape index (κ2) is 2.67. The molecular formula is C5H10MgO. The zero-order valence-electron chi connectivity index (χ0n) is 5.19. The van der Waals surface area contributed by atoms with Crippen molar-refractivity contribution in [2.75, 3.05) is 0 Å². The Balaban J connectivity index is 3.34. The van der Waals surface area contributed by atoms with E-state index < -0.39 is 20.4 Å². The molecule has 0 aliphatic carbocycles. The van der Waals surface area contributed by atoms with Gasteiger partial charge in [0.1, 0.15) is 0 Å².